The third-order valence-electron chi connectivity index (χ3n) is 1.35. The molecule has 0 aromatic carbocycles. The Bertz CT molecular complexity index is 193. The molecule has 11 heavy (non-hydrogen) atoms. The van der Waals surface area contributed by atoms with E-state index in [9.17, 15) is 0 Å². The van der Waals surface area contributed by atoms with E-state index < -0.39 is 0 Å². The molecule has 0 saturated carbocycles. The van der Waals surface area contributed by atoms with E-state index in [4.69, 9.17) is 0 Å². The molecule has 0 aromatic rings. The molecule has 0 bridgehead atoms. The van der Waals surface area contributed by atoms with E-state index in [-0.39, 0.29) is 0 Å². The summed E-state index contributed by atoms with van der Waals surface area (Å²) in [4.78, 5) is 10.0. The maximum Gasteiger partial charge on any atom is 0.202 e. The van der Waals surface area contributed by atoms with Gasteiger partial charge in [0.25, 0.3) is 0 Å². The van der Waals surface area contributed by atoms with Gasteiger partial charge in [-0.1, -0.05) is 0 Å². The molecule has 0 aliphatic carbocycles. The molecule has 1 rings (SSSR count). The lowest BCUT2D eigenvalue weighted by atomic mass is 10.7. The van der Waals surface area contributed by atoms with E-state index in [0.29, 0.717) is 6.67 Å². The van der Waals surface area contributed by atoms with Crippen LogP contribution in [0.25, 0.3) is 0 Å². The summed E-state index contributed by atoms with van der Waals surface area (Å²) in [6, 6.07) is 0. The van der Waals surface area contributed by atoms with E-state index in [0.717, 1.165) is 11.9 Å². The molecule has 0 fully saturated rings. The first-order valence-electron chi connectivity index (χ1n) is 3.43. The fourth-order valence-electron chi connectivity index (χ4n) is 0.767. The summed E-state index contributed by atoms with van der Waals surface area (Å²) in [6.45, 7) is 0.590. The number of hydrogen-bond acceptors (Lipinski definition) is 3. The van der Waals surface area contributed by atoms with Gasteiger partial charge in [0, 0.05) is 21.1 Å². The Hall–Kier alpha value is -1.26. The summed E-state index contributed by atoms with van der Waals surface area (Å²) in [6.07, 6.45) is 0. The Morgan fingerprint density at radius 3 is 2.82 bits per heavy atom. The van der Waals surface area contributed by atoms with Gasteiger partial charge in [-0.2, -0.15) is 0 Å². The lowest BCUT2D eigenvalue weighted by Gasteiger charge is -2.22. The van der Waals surface area contributed by atoms with Crippen molar-refractivity contribution >= 4 is 11.9 Å². The SMILES string of the molecule is CN=C1NCN=C(N(C)C)N1. The van der Waals surface area contributed by atoms with E-state index in [1.54, 1.807) is 7.05 Å². The van der Waals surface area contributed by atoms with Gasteiger partial charge in [0.2, 0.25) is 5.96 Å². The standard InChI is InChI=1S/C6H13N5/c1-7-5-8-4-9-6(10-5)11(2)3/h4H2,1-3H3,(H2,7,8,9,10). The number of guanidine groups is 2. The zero-order valence-electron chi connectivity index (χ0n) is 7.05. The minimum atomic E-state index is 0.590. The fourth-order valence-corrected chi connectivity index (χ4v) is 0.767. The van der Waals surface area contributed by atoms with Gasteiger partial charge in [-0.05, 0) is 0 Å². The fraction of sp³-hybridized carbons (Fsp3) is 0.667. The molecule has 2 N–H and O–H groups in total. The van der Waals surface area contributed by atoms with E-state index in [2.05, 4.69) is 20.6 Å². The van der Waals surface area contributed by atoms with Crippen LogP contribution in [0.1, 0.15) is 0 Å². The van der Waals surface area contributed by atoms with Crippen molar-refractivity contribution in [3.8, 4) is 0 Å². The normalized spacial score (nSPS) is 20.3. The minimum Gasteiger partial charge on any atom is -0.349 e. The largest absolute Gasteiger partial charge is 0.349 e. The van der Waals surface area contributed by atoms with Crippen LogP contribution in [0.5, 0.6) is 0 Å². The number of hydrogen-bond donors (Lipinski definition) is 2. The number of nitrogens with zero attached hydrogens (tertiary/aromatic N) is 3. The van der Waals surface area contributed by atoms with Crippen LogP contribution in [0.4, 0.5) is 0 Å². The summed E-state index contributed by atoms with van der Waals surface area (Å²) in [5, 5.41) is 6.00. The monoisotopic (exact) mass is 155 g/mol. The number of aliphatic imine (C=N–C) groups is 2. The van der Waals surface area contributed by atoms with Gasteiger partial charge in [-0.15, -0.1) is 0 Å². The van der Waals surface area contributed by atoms with Gasteiger partial charge in [-0.3, -0.25) is 10.3 Å². The maximum absolute atomic E-state index is 4.17. The van der Waals surface area contributed by atoms with Gasteiger partial charge in [0.15, 0.2) is 5.96 Å². The van der Waals surface area contributed by atoms with Gasteiger partial charge < -0.3 is 10.2 Å². The predicted molar refractivity (Wildman–Crippen MR) is 45.6 cm³/mol. The van der Waals surface area contributed by atoms with Crippen LogP contribution in [-0.2, 0) is 0 Å². The average Bonchev–Trinajstić information content (AvgIpc) is 2.05. The summed E-state index contributed by atoms with van der Waals surface area (Å²) in [5.74, 6) is 1.60. The zero-order valence-corrected chi connectivity index (χ0v) is 7.05. The molecule has 1 aliphatic heterocycles. The Balaban J connectivity index is 2.63. The first-order chi connectivity index (χ1) is 5.24. The van der Waals surface area contributed by atoms with Crippen LogP contribution in [0.3, 0.4) is 0 Å². The second kappa shape index (κ2) is 3.23. The van der Waals surface area contributed by atoms with Crippen molar-refractivity contribution in [2.24, 2.45) is 9.98 Å². The topological polar surface area (TPSA) is 52.0 Å². The van der Waals surface area contributed by atoms with Crippen molar-refractivity contribution in [1.29, 1.82) is 0 Å². The summed E-state index contributed by atoms with van der Waals surface area (Å²) in [5.41, 5.74) is 0. The van der Waals surface area contributed by atoms with Crippen LogP contribution in [0.2, 0.25) is 0 Å². The average molecular weight is 155 g/mol. The Labute approximate surface area is 66.2 Å². The third-order valence-corrected chi connectivity index (χ3v) is 1.35. The van der Waals surface area contributed by atoms with Crippen LogP contribution in [-0.4, -0.2) is 44.6 Å². The smallest absolute Gasteiger partial charge is 0.202 e. The Kier molecular flexibility index (Phi) is 2.30. The van der Waals surface area contributed by atoms with Crippen molar-refractivity contribution in [3.05, 3.63) is 0 Å². The molecule has 5 nitrogen and oxygen atoms in total. The van der Waals surface area contributed by atoms with Gasteiger partial charge >= 0.3 is 0 Å². The molecule has 0 spiro atoms. The second-order valence-corrected chi connectivity index (χ2v) is 2.41. The highest BCUT2D eigenvalue weighted by atomic mass is 15.4. The molecule has 0 radical (unpaired) electrons. The highest BCUT2D eigenvalue weighted by Crippen LogP contribution is 1.85. The zero-order chi connectivity index (χ0) is 8.27. The molecular weight excluding hydrogens is 142 g/mol. The van der Waals surface area contributed by atoms with Crippen LogP contribution in [0, 0.1) is 0 Å². The first kappa shape index (κ1) is 7.84. The van der Waals surface area contributed by atoms with Gasteiger partial charge in [-0.25, -0.2) is 4.99 Å². The van der Waals surface area contributed by atoms with Crippen molar-refractivity contribution in [2.75, 3.05) is 27.8 Å². The second-order valence-electron chi connectivity index (χ2n) is 2.41. The van der Waals surface area contributed by atoms with Crippen molar-refractivity contribution in [2.45, 2.75) is 0 Å². The van der Waals surface area contributed by atoms with E-state index in [1.165, 1.54) is 0 Å². The number of nitrogens with one attached hydrogen (secondary N) is 2. The van der Waals surface area contributed by atoms with Crippen LogP contribution >= 0.6 is 0 Å². The molecule has 1 heterocycles. The summed E-state index contributed by atoms with van der Waals surface area (Å²) >= 11 is 0. The molecule has 0 unspecified atom stereocenters. The molecule has 62 valence electrons. The maximum atomic E-state index is 4.17. The first-order valence-corrected chi connectivity index (χ1v) is 3.43. The molecule has 5 heteroatoms. The number of rotatable bonds is 0. The molecule has 0 saturated heterocycles. The highest BCUT2D eigenvalue weighted by molar-refractivity contribution is 5.99. The van der Waals surface area contributed by atoms with E-state index >= 15 is 0 Å². The molecule has 0 aromatic heterocycles. The lowest BCUT2D eigenvalue weighted by molar-refractivity contribution is 0.588. The Morgan fingerprint density at radius 1 is 1.55 bits per heavy atom. The third kappa shape index (κ3) is 1.83. The lowest BCUT2D eigenvalue weighted by Crippen LogP contribution is -2.50. The van der Waals surface area contributed by atoms with Crippen molar-refractivity contribution in [3.63, 3.8) is 0 Å². The summed E-state index contributed by atoms with van der Waals surface area (Å²) in [7, 11) is 5.60. The van der Waals surface area contributed by atoms with Crippen LogP contribution < -0.4 is 10.6 Å². The summed E-state index contributed by atoms with van der Waals surface area (Å²) < 4.78 is 0. The van der Waals surface area contributed by atoms with Crippen molar-refractivity contribution < 1.29 is 0 Å². The van der Waals surface area contributed by atoms with Crippen molar-refractivity contribution in [1.82, 2.24) is 15.5 Å². The van der Waals surface area contributed by atoms with E-state index in [1.807, 2.05) is 19.0 Å². The highest BCUT2D eigenvalue weighted by Gasteiger charge is 2.08. The predicted octanol–water partition coefficient (Wildman–Crippen LogP) is -0.960. The molecule has 0 amide bonds. The van der Waals surface area contributed by atoms with Crippen LogP contribution in [0.15, 0.2) is 9.98 Å². The molecular formula is C6H13N5. The molecule has 1 aliphatic rings. The quantitative estimate of drug-likeness (QED) is 0.474. The van der Waals surface area contributed by atoms with Gasteiger partial charge in [0.1, 0.15) is 6.67 Å². The van der Waals surface area contributed by atoms with Gasteiger partial charge in [0.05, 0.1) is 0 Å². The molecule has 0 atom stereocenters. The minimum absolute atomic E-state index is 0.590. The Morgan fingerprint density at radius 2 is 2.27 bits per heavy atom.